The van der Waals surface area contributed by atoms with Crippen LogP contribution in [-0.4, -0.2) is 36.5 Å². The fraction of sp³-hybridized carbons (Fsp3) is 0.263. The minimum Gasteiger partial charge on any atom is -0.458 e. The molecule has 6 nitrogen and oxygen atoms in total. The van der Waals surface area contributed by atoms with Crippen LogP contribution in [0.1, 0.15) is 22.3 Å². The Kier molecular flexibility index (Phi) is 11.5. The van der Waals surface area contributed by atoms with Crippen molar-refractivity contribution in [3.8, 4) is 0 Å². The third-order valence-electron chi connectivity index (χ3n) is 7.57. The van der Waals surface area contributed by atoms with Crippen molar-refractivity contribution >= 4 is 11.8 Å². The summed E-state index contributed by atoms with van der Waals surface area (Å²) in [6.45, 7) is 1.98. The lowest BCUT2D eigenvalue weighted by atomic mass is 9.98. The second-order valence-electron chi connectivity index (χ2n) is 10.9. The van der Waals surface area contributed by atoms with E-state index >= 15 is 0 Å². The minimum atomic E-state index is -0.477. The molecular formula is C38H38O6S. The topological polar surface area (TPSA) is 59.3 Å². The summed E-state index contributed by atoms with van der Waals surface area (Å²) >= 11 is 1.48. The molecule has 45 heavy (non-hydrogen) atoms. The normalized spacial score (nSPS) is 21.5. The van der Waals surface area contributed by atoms with E-state index in [4.69, 9.17) is 28.1 Å². The van der Waals surface area contributed by atoms with Gasteiger partial charge in [-0.15, -0.1) is 0 Å². The SMILES string of the molecule is c1ccc(COC[C@H]2O[C@H](Sc3ccco3)[C@H](OCc3ccccc3)[C@@H](OCc3ccccc3)[C@H]2OCc2ccccc2)cc1. The molecule has 0 N–H and O–H groups in total. The summed E-state index contributed by atoms with van der Waals surface area (Å²) in [4.78, 5) is 0. The highest BCUT2D eigenvalue weighted by Crippen LogP contribution is 2.38. The molecule has 0 spiro atoms. The molecule has 1 aromatic heterocycles. The standard InChI is InChI=1S/C38H38O6S/c1-5-14-29(15-6-1)24-39-28-33-35(41-25-30-16-7-2-8-17-30)36(42-26-31-18-9-3-10-19-31)37(43-27-32-20-11-4-12-21-32)38(44-33)45-34-22-13-23-40-34/h1-23,33,35-38H,24-28H2/t33-,35+,36+,37-,38-/m1/s1. The van der Waals surface area contributed by atoms with E-state index in [1.54, 1.807) is 6.26 Å². The van der Waals surface area contributed by atoms with Crippen LogP contribution in [0.5, 0.6) is 0 Å². The highest BCUT2D eigenvalue weighted by Gasteiger charge is 2.49. The highest BCUT2D eigenvalue weighted by molar-refractivity contribution is 7.99. The summed E-state index contributed by atoms with van der Waals surface area (Å²) in [5, 5.41) is 0.739. The Hall–Kier alpha value is -3.69. The largest absolute Gasteiger partial charge is 0.458 e. The van der Waals surface area contributed by atoms with Gasteiger partial charge in [-0.25, -0.2) is 0 Å². The lowest BCUT2D eigenvalue weighted by molar-refractivity contribution is -0.254. The lowest BCUT2D eigenvalue weighted by Gasteiger charge is -2.45. The molecule has 0 aliphatic carbocycles. The summed E-state index contributed by atoms with van der Waals surface area (Å²) in [6.07, 6.45) is -0.180. The van der Waals surface area contributed by atoms with Crippen LogP contribution in [0.15, 0.2) is 149 Å². The Balaban J connectivity index is 1.30. The molecule has 5 aromatic rings. The van der Waals surface area contributed by atoms with E-state index < -0.39 is 29.9 Å². The zero-order valence-corrected chi connectivity index (χ0v) is 25.9. The molecule has 0 bridgehead atoms. The number of hydrogen-bond donors (Lipinski definition) is 0. The number of rotatable bonds is 15. The maximum Gasteiger partial charge on any atom is 0.162 e. The van der Waals surface area contributed by atoms with Crippen molar-refractivity contribution in [1.29, 1.82) is 0 Å². The van der Waals surface area contributed by atoms with Gasteiger partial charge in [-0.05, 0) is 34.4 Å². The number of hydrogen-bond acceptors (Lipinski definition) is 7. The number of thioether (sulfide) groups is 1. The first kappa shape index (κ1) is 31.3. The maximum atomic E-state index is 6.83. The summed E-state index contributed by atoms with van der Waals surface area (Å²) in [7, 11) is 0. The van der Waals surface area contributed by atoms with Gasteiger partial charge in [0.1, 0.15) is 29.9 Å². The van der Waals surface area contributed by atoms with Crippen LogP contribution >= 0.6 is 11.8 Å². The zero-order chi connectivity index (χ0) is 30.5. The number of ether oxygens (including phenoxy) is 5. The Labute approximate surface area is 269 Å². The second-order valence-corrected chi connectivity index (χ2v) is 12.0. The highest BCUT2D eigenvalue weighted by atomic mass is 32.2. The molecule has 5 atom stereocenters. The molecule has 1 fully saturated rings. The third-order valence-corrected chi connectivity index (χ3v) is 8.64. The predicted molar refractivity (Wildman–Crippen MR) is 174 cm³/mol. The van der Waals surface area contributed by atoms with Gasteiger partial charge in [0, 0.05) is 0 Å². The maximum absolute atomic E-state index is 6.83. The molecule has 1 aliphatic heterocycles. The van der Waals surface area contributed by atoms with Crippen molar-refractivity contribution < 1.29 is 28.1 Å². The molecular weight excluding hydrogens is 584 g/mol. The molecule has 0 unspecified atom stereocenters. The first-order valence-electron chi connectivity index (χ1n) is 15.3. The number of benzene rings is 4. The van der Waals surface area contributed by atoms with Crippen molar-refractivity contribution in [3.05, 3.63) is 162 Å². The summed E-state index contributed by atoms with van der Waals surface area (Å²) in [5.41, 5.74) is 3.85. The van der Waals surface area contributed by atoms with Gasteiger partial charge in [-0.1, -0.05) is 133 Å². The van der Waals surface area contributed by atoms with E-state index in [0.717, 1.165) is 27.3 Å². The van der Waals surface area contributed by atoms with Gasteiger partial charge in [0.25, 0.3) is 0 Å². The average Bonchev–Trinajstić information content (AvgIpc) is 3.61. The second kappa shape index (κ2) is 16.6. The fourth-order valence-electron chi connectivity index (χ4n) is 5.29. The van der Waals surface area contributed by atoms with Crippen molar-refractivity contribution in [2.24, 2.45) is 0 Å². The van der Waals surface area contributed by atoms with Gasteiger partial charge in [0.15, 0.2) is 5.09 Å². The molecule has 4 aromatic carbocycles. The quantitative estimate of drug-likeness (QED) is 0.117. The van der Waals surface area contributed by atoms with Crippen molar-refractivity contribution in [2.45, 2.75) is 61.4 Å². The monoisotopic (exact) mass is 622 g/mol. The van der Waals surface area contributed by atoms with Gasteiger partial charge in [-0.3, -0.25) is 0 Å². The van der Waals surface area contributed by atoms with E-state index in [9.17, 15) is 0 Å². The van der Waals surface area contributed by atoms with Crippen LogP contribution in [-0.2, 0) is 50.1 Å². The smallest absolute Gasteiger partial charge is 0.162 e. The molecule has 6 rings (SSSR count). The molecule has 1 aliphatic rings. The first-order valence-corrected chi connectivity index (χ1v) is 16.1. The fourth-order valence-corrected chi connectivity index (χ4v) is 6.35. The van der Waals surface area contributed by atoms with E-state index in [1.807, 2.05) is 84.9 Å². The first-order chi connectivity index (χ1) is 22.3. The van der Waals surface area contributed by atoms with Gasteiger partial charge in [0.05, 0.1) is 39.3 Å². The van der Waals surface area contributed by atoms with Crippen molar-refractivity contribution in [1.82, 2.24) is 0 Å². The average molecular weight is 623 g/mol. The molecule has 7 heteroatoms. The molecule has 232 valence electrons. The van der Waals surface area contributed by atoms with Gasteiger partial charge < -0.3 is 28.1 Å². The molecule has 2 heterocycles. The van der Waals surface area contributed by atoms with Crippen molar-refractivity contribution in [3.63, 3.8) is 0 Å². The van der Waals surface area contributed by atoms with E-state index in [1.165, 1.54) is 11.8 Å². The Morgan fingerprint density at radius 3 is 1.44 bits per heavy atom. The Morgan fingerprint density at radius 1 is 0.489 bits per heavy atom. The van der Waals surface area contributed by atoms with Crippen LogP contribution in [0, 0.1) is 0 Å². The molecule has 0 radical (unpaired) electrons. The molecule has 0 amide bonds. The minimum absolute atomic E-state index is 0.320. The van der Waals surface area contributed by atoms with E-state index in [-0.39, 0.29) is 0 Å². The van der Waals surface area contributed by atoms with Gasteiger partial charge in [-0.2, -0.15) is 0 Å². The van der Waals surface area contributed by atoms with Crippen LogP contribution < -0.4 is 0 Å². The molecule has 0 saturated carbocycles. The third kappa shape index (κ3) is 9.17. The summed E-state index contributed by atoms with van der Waals surface area (Å²) in [5.74, 6) is 0. The van der Waals surface area contributed by atoms with Crippen LogP contribution in [0.3, 0.4) is 0 Å². The van der Waals surface area contributed by atoms with E-state index in [0.29, 0.717) is 33.0 Å². The van der Waals surface area contributed by atoms with Gasteiger partial charge in [0.2, 0.25) is 0 Å². The predicted octanol–water partition coefficient (Wildman–Crippen LogP) is 8.07. The van der Waals surface area contributed by atoms with Crippen LogP contribution in [0.4, 0.5) is 0 Å². The Morgan fingerprint density at radius 2 is 0.956 bits per heavy atom. The van der Waals surface area contributed by atoms with Crippen LogP contribution in [0.2, 0.25) is 0 Å². The number of furan rings is 1. The van der Waals surface area contributed by atoms with E-state index in [2.05, 4.69) is 48.5 Å². The van der Waals surface area contributed by atoms with Gasteiger partial charge >= 0.3 is 0 Å². The summed E-state index contributed by atoms with van der Waals surface area (Å²) in [6, 6.07) is 44.4. The summed E-state index contributed by atoms with van der Waals surface area (Å²) < 4.78 is 39.0. The lowest BCUT2D eigenvalue weighted by Crippen LogP contribution is -2.60. The molecule has 1 saturated heterocycles. The Bertz CT molecular complexity index is 1500. The van der Waals surface area contributed by atoms with Crippen LogP contribution in [0.25, 0.3) is 0 Å². The van der Waals surface area contributed by atoms with Crippen molar-refractivity contribution in [2.75, 3.05) is 6.61 Å². The zero-order valence-electron chi connectivity index (χ0n) is 25.1.